The molecule has 1 aromatic rings. The van der Waals surface area contributed by atoms with Gasteiger partial charge in [-0.15, -0.1) is 0 Å². The summed E-state index contributed by atoms with van der Waals surface area (Å²) in [5, 5.41) is 8.49. The SMILES string of the molecule is CC(C)COc1ncc(C(=O)O)o1. The van der Waals surface area contributed by atoms with Gasteiger partial charge in [0.15, 0.2) is 0 Å². The zero-order valence-corrected chi connectivity index (χ0v) is 7.48. The van der Waals surface area contributed by atoms with E-state index in [-0.39, 0.29) is 11.8 Å². The Hall–Kier alpha value is -1.52. The summed E-state index contributed by atoms with van der Waals surface area (Å²) in [4.78, 5) is 14.0. The van der Waals surface area contributed by atoms with Gasteiger partial charge in [0.25, 0.3) is 0 Å². The molecule has 0 spiro atoms. The predicted octanol–water partition coefficient (Wildman–Crippen LogP) is 1.41. The van der Waals surface area contributed by atoms with E-state index in [2.05, 4.69) is 4.98 Å². The molecule has 0 unspecified atom stereocenters. The zero-order valence-electron chi connectivity index (χ0n) is 7.48. The standard InChI is InChI=1S/C8H11NO4/c1-5(2)4-12-8-9-3-6(13-8)7(10)11/h3,5H,4H2,1-2H3,(H,10,11). The summed E-state index contributed by atoms with van der Waals surface area (Å²) in [6.07, 6.45) is 1.13. The lowest BCUT2D eigenvalue weighted by Crippen LogP contribution is -2.04. The van der Waals surface area contributed by atoms with Crippen LogP contribution in [0.2, 0.25) is 0 Å². The average molecular weight is 185 g/mol. The molecular formula is C8H11NO4. The van der Waals surface area contributed by atoms with Crippen LogP contribution in [0.1, 0.15) is 24.4 Å². The van der Waals surface area contributed by atoms with Crippen molar-refractivity contribution in [1.82, 2.24) is 4.98 Å². The molecule has 0 bridgehead atoms. The Morgan fingerprint density at radius 2 is 2.46 bits per heavy atom. The smallest absolute Gasteiger partial charge is 0.394 e. The number of carbonyl (C=O) groups is 1. The van der Waals surface area contributed by atoms with Gasteiger partial charge in [0.05, 0.1) is 12.8 Å². The van der Waals surface area contributed by atoms with Gasteiger partial charge in [0, 0.05) is 0 Å². The van der Waals surface area contributed by atoms with Crippen LogP contribution in [0.4, 0.5) is 0 Å². The molecular weight excluding hydrogens is 174 g/mol. The molecule has 0 radical (unpaired) electrons. The summed E-state index contributed by atoms with van der Waals surface area (Å²) >= 11 is 0. The topological polar surface area (TPSA) is 72.6 Å². The van der Waals surface area contributed by atoms with Gasteiger partial charge in [-0.2, -0.15) is 4.98 Å². The lowest BCUT2D eigenvalue weighted by atomic mass is 10.2. The molecule has 0 saturated heterocycles. The number of nitrogens with zero attached hydrogens (tertiary/aromatic N) is 1. The minimum absolute atomic E-state index is 0.00565. The molecule has 0 amide bonds. The molecule has 0 aliphatic carbocycles. The Morgan fingerprint density at radius 1 is 1.77 bits per heavy atom. The highest BCUT2D eigenvalue weighted by Crippen LogP contribution is 2.11. The number of hydrogen-bond acceptors (Lipinski definition) is 4. The van der Waals surface area contributed by atoms with E-state index in [1.54, 1.807) is 0 Å². The molecule has 1 N–H and O–H groups in total. The third-order valence-corrected chi connectivity index (χ3v) is 1.24. The molecule has 0 fully saturated rings. The van der Waals surface area contributed by atoms with E-state index in [0.717, 1.165) is 6.20 Å². The summed E-state index contributed by atoms with van der Waals surface area (Å²) in [5.74, 6) is -1.01. The van der Waals surface area contributed by atoms with Gasteiger partial charge in [-0.05, 0) is 5.92 Å². The van der Waals surface area contributed by atoms with Crippen LogP contribution in [0.5, 0.6) is 6.08 Å². The number of oxazole rings is 1. The molecule has 5 nitrogen and oxygen atoms in total. The van der Waals surface area contributed by atoms with Gasteiger partial charge < -0.3 is 14.3 Å². The second-order valence-corrected chi connectivity index (χ2v) is 3.00. The van der Waals surface area contributed by atoms with Crippen LogP contribution >= 0.6 is 0 Å². The summed E-state index contributed by atoms with van der Waals surface area (Å²) < 4.78 is 9.82. The lowest BCUT2D eigenvalue weighted by molar-refractivity contribution is 0.0652. The first kappa shape index (κ1) is 9.57. The summed E-state index contributed by atoms with van der Waals surface area (Å²) in [7, 11) is 0. The molecule has 5 heteroatoms. The Balaban J connectivity index is 2.54. The summed E-state index contributed by atoms with van der Waals surface area (Å²) in [6, 6.07) is 0. The van der Waals surface area contributed by atoms with Crippen LogP contribution in [-0.4, -0.2) is 22.7 Å². The Kier molecular flexibility index (Phi) is 2.89. The van der Waals surface area contributed by atoms with Crippen molar-refractivity contribution >= 4 is 5.97 Å². The minimum atomic E-state index is -1.15. The minimum Gasteiger partial charge on any atom is -0.475 e. The number of carboxylic acid groups (broad SMARTS) is 1. The van der Waals surface area contributed by atoms with Crippen molar-refractivity contribution in [2.24, 2.45) is 5.92 Å². The van der Waals surface area contributed by atoms with Crippen molar-refractivity contribution in [2.75, 3.05) is 6.61 Å². The second kappa shape index (κ2) is 3.93. The van der Waals surface area contributed by atoms with Gasteiger partial charge in [-0.1, -0.05) is 13.8 Å². The van der Waals surface area contributed by atoms with Gasteiger partial charge in [-0.3, -0.25) is 0 Å². The van der Waals surface area contributed by atoms with Crippen LogP contribution in [0.3, 0.4) is 0 Å². The van der Waals surface area contributed by atoms with Gasteiger partial charge in [0.1, 0.15) is 0 Å². The quantitative estimate of drug-likeness (QED) is 0.767. The number of rotatable bonds is 4. The van der Waals surface area contributed by atoms with E-state index in [1.807, 2.05) is 13.8 Å². The third kappa shape index (κ3) is 2.77. The fourth-order valence-electron chi connectivity index (χ4n) is 0.662. The van der Waals surface area contributed by atoms with Gasteiger partial charge >= 0.3 is 12.0 Å². The van der Waals surface area contributed by atoms with Crippen LogP contribution in [0.15, 0.2) is 10.6 Å². The van der Waals surface area contributed by atoms with E-state index in [9.17, 15) is 4.79 Å². The van der Waals surface area contributed by atoms with E-state index in [0.29, 0.717) is 12.5 Å². The maximum absolute atomic E-state index is 10.4. The molecule has 13 heavy (non-hydrogen) atoms. The third-order valence-electron chi connectivity index (χ3n) is 1.24. The van der Waals surface area contributed by atoms with E-state index >= 15 is 0 Å². The molecule has 0 aromatic carbocycles. The average Bonchev–Trinajstić information content (AvgIpc) is 2.48. The fourth-order valence-corrected chi connectivity index (χ4v) is 0.662. The van der Waals surface area contributed by atoms with Crippen molar-refractivity contribution < 1.29 is 19.1 Å². The highest BCUT2D eigenvalue weighted by Gasteiger charge is 2.11. The lowest BCUT2D eigenvalue weighted by Gasteiger charge is -2.02. The Labute approximate surface area is 75.3 Å². The van der Waals surface area contributed by atoms with Crippen LogP contribution < -0.4 is 4.74 Å². The first-order chi connectivity index (χ1) is 6.09. The van der Waals surface area contributed by atoms with Crippen molar-refractivity contribution in [1.29, 1.82) is 0 Å². The Bertz CT molecular complexity index is 292. The monoisotopic (exact) mass is 185 g/mol. The largest absolute Gasteiger partial charge is 0.475 e. The van der Waals surface area contributed by atoms with Crippen molar-refractivity contribution in [3.63, 3.8) is 0 Å². The second-order valence-electron chi connectivity index (χ2n) is 3.00. The van der Waals surface area contributed by atoms with Crippen molar-refractivity contribution in [3.8, 4) is 6.08 Å². The van der Waals surface area contributed by atoms with Crippen LogP contribution in [0.25, 0.3) is 0 Å². The number of carboxylic acids is 1. The molecule has 0 aliphatic rings. The highest BCUT2D eigenvalue weighted by atomic mass is 16.6. The number of aromatic nitrogens is 1. The first-order valence-corrected chi connectivity index (χ1v) is 3.91. The van der Waals surface area contributed by atoms with Crippen LogP contribution in [0, 0.1) is 5.92 Å². The molecule has 0 saturated carbocycles. The normalized spacial score (nSPS) is 10.4. The fraction of sp³-hybridized carbons (Fsp3) is 0.500. The number of ether oxygens (including phenoxy) is 1. The molecule has 72 valence electrons. The molecule has 1 rings (SSSR count). The molecule has 0 aliphatic heterocycles. The predicted molar refractivity (Wildman–Crippen MR) is 43.8 cm³/mol. The highest BCUT2D eigenvalue weighted by molar-refractivity contribution is 5.83. The maximum atomic E-state index is 10.4. The van der Waals surface area contributed by atoms with Gasteiger partial charge in [-0.25, -0.2) is 4.79 Å². The maximum Gasteiger partial charge on any atom is 0.394 e. The first-order valence-electron chi connectivity index (χ1n) is 3.91. The summed E-state index contributed by atoms with van der Waals surface area (Å²) in [5.41, 5.74) is 0. The van der Waals surface area contributed by atoms with E-state index in [4.69, 9.17) is 14.3 Å². The van der Waals surface area contributed by atoms with Crippen molar-refractivity contribution in [3.05, 3.63) is 12.0 Å². The Morgan fingerprint density at radius 3 is 2.92 bits per heavy atom. The van der Waals surface area contributed by atoms with E-state index in [1.165, 1.54) is 0 Å². The molecule has 1 aromatic heterocycles. The molecule has 0 atom stereocenters. The van der Waals surface area contributed by atoms with Crippen molar-refractivity contribution in [2.45, 2.75) is 13.8 Å². The van der Waals surface area contributed by atoms with Gasteiger partial charge in [0.2, 0.25) is 5.76 Å². The molecule has 1 heterocycles. The van der Waals surface area contributed by atoms with E-state index < -0.39 is 5.97 Å². The summed E-state index contributed by atoms with van der Waals surface area (Å²) in [6.45, 7) is 4.40. The number of aromatic carboxylic acids is 1. The van der Waals surface area contributed by atoms with Crippen LogP contribution in [-0.2, 0) is 0 Å². The number of hydrogen-bond donors (Lipinski definition) is 1. The zero-order chi connectivity index (χ0) is 9.84.